The first-order valence-electron chi connectivity index (χ1n) is 6.93. The molecular weight excluding hydrogens is 273 g/mol. The fourth-order valence-corrected chi connectivity index (χ4v) is 2.32. The van der Waals surface area contributed by atoms with E-state index in [1.807, 2.05) is 6.92 Å². The Kier molecular flexibility index (Phi) is 5.32. The Morgan fingerprint density at radius 1 is 1.62 bits per heavy atom. The van der Waals surface area contributed by atoms with Crippen LogP contribution in [0.25, 0.3) is 0 Å². The molecule has 2 atom stereocenters. The maximum atomic E-state index is 13.4. The summed E-state index contributed by atoms with van der Waals surface area (Å²) in [6.07, 6.45) is 1.88. The number of amides is 1. The van der Waals surface area contributed by atoms with Gasteiger partial charge in [0, 0.05) is 12.2 Å². The first-order valence-corrected chi connectivity index (χ1v) is 6.93. The predicted molar refractivity (Wildman–Crippen MR) is 76.3 cm³/mol. The van der Waals surface area contributed by atoms with Crippen molar-refractivity contribution in [1.29, 1.82) is 0 Å². The topological polar surface area (TPSA) is 58.6 Å². The van der Waals surface area contributed by atoms with Crippen LogP contribution in [0, 0.1) is 17.7 Å². The zero-order valence-electron chi connectivity index (χ0n) is 11.9. The van der Waals surface area contributed by atoms with E-state index in [1.165, 1.54) is 12.1 Å². The lowest BCUT2D eigenvalue weighted by Crippen LogP contribution is -2.41. The van der Waals surface area contributed by atoms with Gasteiger partial charge in [0.15, 0.2) is 0 Å². The average molecular weight is 291 g/mol. The summed E-state index contributed by atoms with van der Waals surface area (Å²) in [7, 11) is 0. The van der Waals surface area contributed by atoms with E-state index >= 15 is 0 Å². The monoisotopic (exact) mass is 291 g/mol. The van der Waals surface area contributed by atoms with Gasteiger partial charge in [-0.1, -0.05) is 11.8 Å². The number of nitrogens with one attached hydrogen (secondary N) is 1. The SMILES string of the molecule is CC(NC(=O)c1cc(F)ccc1C#CCO)C1CCCO1. The van der Waals surface area contributed by atoms with Crippen LogP contribution in [-0.4, -0.2) is 36.4 Å². The number of hydrogen-bond acceptors (Lipinski definition) is 3. The van der Waals surface area contributed by atoms with E-state index in [0.717, 1.165) is 18.9 Å². The van der Waals surface area contributed by atoms with Crippen molar-refractivity contribution in [1.82, 2.24) is 5.32 Å². The van der Waals surface area contributed by atoms with Crippen LogP contribution in [0.2, 0.25) is 0 Å². The fraction of sp³-hybridized carbons (Fsp3) is 0.438. The van der Waals surface area contributed by atoms with Crippen LogP contribution in [0.3, 0.4) is 0 Å². The van der Waals surface area contributed by atoms with E-state index in [9.17, 15) is 9.18 Å². The molecule has 112 valence electrons. The summed E-state index contributed by atoms with van der Waals surface area (Å²) in [6, 6.07) is 3.67. The van der Waals surface area contributed by atoms with Crippen LogP contribution in [-0.2, 0) is 4.74 Å². The maximum absolute atomic E-state index is 13.4. The third kappa shape index (κ3) is 4.03. The van der Waals surface area contributed by atoms with Crippen molar-refractivity contribution in [3.63, 3.8) is 0 Å². The van der Waals surface area contributed by atoms with E-state index in [0.29, 0.717) is 12.2 Å². The first kappa shape index (κ1) is 15.5. The number of carbonyl (C=O) groups excluding carboxylic acids is 1. The summed E-state index contributed by atoms with van der Waals surface area (Å²) in [5.41, 5.74) is 0.559. The second-order valence-corrected chi connectivity index (χ2v) is 4.96. The second-order valence-electron chi connectivity index (χ2n) is 4.96. The number of aliphatic hydroxyl groups is 1. The molecule has 0 spiro atoms. The summed E-state index contributed by atoms with van der Waals surface area (Å²) < 4.78 is 18.9. The molecule has 1 heterocycles. The molecule has 1 aliphatic heterocycles. The van der Waals surface area contributed by atoms with E-state index in [-0.39, 0.29) is 30.2 Å². The molecule has 0 radical (unpaired) electrons. The molecule has 0 saturated carbocycles. The lowest BCUT2D eigenvalue weighted by atomic mass is 10.0. The quantitative estimate of drug-likeness (QED) is 0.829. The Morgan fingerprint density at radius 2 is 2.43 bits per heavy atom. The van der Waals surface area contributed by atoms with Gasteiger partial charge in [0.05, 0.1) is 17.7 Å². The molecule has 2 unspecified atom stereocenters. The molecule has 0 aliphatic carbocycles. The molecule has 2 N–H and O–H groups in total. The summed E-state index contributed by atoms with van der Waals surface area (Å²) in [6.45, 7) is 2.26. The van der Waals surface area contributed by atoms with Gasteiger partial charge in [-0.15, -0.1) is 0 Å². The number of carbonyl (C=O) groups is 1. The van der Waals surface area contributed by atoms with Gasteiger partial charge in [-0.25, -0.2) is 4.39 Å². The van der Waals surface area contributed by atoms with Crippen molar-refractivity contribution in [2.45, 2.75) is 31.9 Å². The lowest BCUT2D eigenvalue weighted by molar-refractivity contribution is 0.0712. The summed E-state index contributed by atoms with van der Waals surface area (Å²) in [5, 5.41) is 11.6. The molecule has 21 heavy (non-hydrogen) atoms. The van der Waals surface area contributed by atoms with Crippen LogP contribution in [0.5, 0.6) is 0 Å². The smallest absolute Gasteiger partial charge is 0.252 e. The molecule has 1 fully saturated rings. The Morgan fingerprint density at radius 3 is 3.10 bits per heavy atom. The molecule has 2 rings (SSSR count). The Bertz CT molecular complexity index is 571. The molecule has 1 saturated heterocycles. The third-order valence-electron chi connectivity index (χ3n) is 3.41. The van der Waals surface area contributed by atoms with Gasteiger partial charge in [-0.3, -0.25) is 4.79 Å². The van der Waals surface area contributed by atoms with Crippen molar-refractivity contribution in [3.8, 4) is 11.8 Å². The van der Waals surface area contributed by atoms with E-state index < -0.39 is 5.82 Å². The fourth-order valence-electron chi connectivity index (χ4n) is 2.32. The number of hydrogen-bond donors (Lipinski definition) is 2. The largest absolute Gasteiger partial charge is 0.384 e. The normalized spacial score (nSPS) is 18.7. The molecule has 1 aromatic rings. The molecule has 4 nitrogen and oxygen atoms in total. The zero-order valence-corrected chi connectivity index (χ0v) is 11.9. The van der Waals surface area contributed by atoms with E-state index in [2.05, 4.69) is 17.2 Å². The van der Waals surface area contributed by atoms with Crippen LogP contribution in [0.15, 0.2) is 18.2 Å². The van der Waals surface area contributed by atoms with E-state index in [1.54, 1.807) is 0 Å². The van der Waals surface area contributed by atoms with Crippen molar-refractivity contribution >= 4 is 5.91 Å². The van der Waals surface area contributed by atoms with Crippen molar-refractivity contribution in [2.75, 3.05) is 13.2 Å². The van der Waals surface area contributed by atoms with Crippen LogP contribution in [0.4, 0.5) is 4.39 Å². The number of rotatable bonds is 3. The van der Waals surface area contributed by atoms with Crippen LogP contribution < -0.4 is 5.32 Å². The van der Waals surface area contributed by atoms with Gasteiger partial charge in [0.2, 0.25) is 0 Å². The number of aliphatic hydroxyl groups excluding tert-OH is 1. The highest BCUT2D eigenvalue weighted by atomic mass is 19.1. The first-order chi connectivity index (χ1) is 10.1. The minimum atomic E-state index is -0.500. The van der Waals surface area contributed by atoms with Crippen LogP contribution >= 0.6 is 0 Å². The molecule has 1 amide bonds. The molecule has 0 aromatic heterocycles. The molecule has 0 bridgehead atoms. The predicted octanol–water partition coefficient (Wildman–Crippen LogP) is 1.47. The van der Waals surface area contributed by atoms with Crippen molar-refractivity contribution < 1.29 is 19.0 Å². The minimum absolute atomic E-state index is 0.00511. The Labute approximate surface area is 123 Å². The maximum Gasteiger partial charge on any atom is 0.252 e. The van der Waals surface area contributed by atoms with Gasteiger partial charge >= 0.3 is 0 Å². The number of halogens is 1. The minimum Gasteiger partial charge on any atom is -0.384 e. The van der Waals surface area contributed by atoms with Crippen LogP contribution in [0.1, 0.15) is 35.7 Å². The molecule has 1 aromatic carbocycles. The highest BCUT2D eigenvalue weighted by molar-refractivity contribution is 5.97. The Hall–Kier alpha value is -1.90. The summed E-state index contributed by atoms with van der Waals surface area (Å²) in [4.78, 5) is 12.3. The van der Waals surface area contributed by atoms with Gasteiger partial charge in [-0.05, 0) is 38.0 Å². The van der Waals surface area contributed by atoms with E-state index in [4.69, 9.17) is 9.84 Å². The average Bonchev–Trinajstić information content (AvgIpc) is 3.00. The van der Waals surface area contributed by atoms with Gasteiger partial charge in [0.1, 0.15) is 12.4 Å². The van der Waals surface area contributed by atoms with Crippen molar-refractivity contribution in [2.24, 2.45) is 0 Å². The van der Waals surface area contributed by atoms with Crippen molar-refractivity contribution in [3.05, 3.63) is 35.1 Å². The standard InChI is InChI=1S/C16H18FNO3/c1-11(15-5-3-9-21-15)18-16(20)14-10-13(17)7-6-12(14)4-2-8-19/h6-7,10-11,15,19H,3,5,8-9H2,1H3,(H,18,20). The molecule has 1 aliphatic rings. The summed E-state index contributed by atoms with van der Waals surface area (Å²) >= 11 is 0. The number of ether oxygens (including phenoxy) is 1. The molecular formula is C16H18FNO3. The van der Waals surface area contributed by atoms with Gasteiger partial charge < -0.3 is 15.2 Å². The Balaban J connectivity index is 2.15. The number of benzene rings is 1. The summed E-state index contributed by atoms with van der Waals surface area (Å²) in [5.74, 6) is 4.23. The second kappa shape index (κ2) is 7.21. The molecule has 5 heteroatoms. The third-order valence-corrected chi connectivity index (χ3v) is 3.41. The van der Waals surface area contributed by atoms with Gasteiger partial charge in [-0.2, -0.15) is 0 Å². The highest BCUT2D eigenvalue weighted by Crippen LogP contribution is 2.17. The lowest BCUT2D eigenvalue weighted by Gasteiger charge is -2.20. The van der Waals surface area contributed by atoms with Gasteiger partial charge in [0.25, 0.3) is 5.91 Å². The zero-order chi connectivity index (χ0) is 15.2. The highest BCUT2D eigenvalue weighted by Gasteiger charge is 2.24.